The molecule has 2 heterocycles. The standard InChI is InChI=1S/C10H14N2S2/c1-3-10(7-11-4-1)12-8-13-5-2-6-14-9-12/h1,3-4,7H,2,5-6,8-9H2. The van der Waals surface area contributed by atoms with Crippen molar-refractivity contribution in [3.63, 3.8) is 0 Å². The number of thioether (sulfide) groups is 2. The quantitative estimate of drug-likeness (QED) is 0.731. The van der Waals surface area contributed by atoms with E-state index in [0.717, 1.165) is 11.8 Å². The normalized spacial score (nSPS) is 18.7. The van der Waals surface area contributed by atoms with Gasteiger partial charge in [-0.25, -0.2) is 0 Å². The average molecular weight is 226 g/mol. The lowest BCUT2D eigenvalue weighted by Gasteiger charge is -2.25. The average Bonchev–Trinajstić information content (AvgIpc) is 2.18. The summed E-state index contributed by atoms with van der Waals surface area (Å²) in [4.78, 5) is 6.54. The van der Waals surface area contributed by atoms with Crippen molar-refractivity contribution in [3.05, 3.63) is 24.5 Å². The van der Waals surface area contributed by atoms with E-state index in [9.17, 15) is 0 Å². The summed E-state index contributed by atoms with van der Waals surface area (Å²) in [5.41, 5.74) is 1.24. The molecule has 1 saturated heterocycles. The van der Waals surface area contributed by atoms with Crippen LogP contribution < -0.4 is 4.90 Å². The van der Waals surface area contributed by atoms with Crippen molar-refractivity contribution < 1.29 is 0 Å². The highest BCUT2D eigenvalue weighted by Crippen LogP contribution is 2.22. The highest BCUT2D eigenvalue weighted by Gasteiger charge is 2.08. The Morgan fingerprint density at radius 1 is 1.21 bits per heavy atom. The molecule has 1 fully saturated rings. The Morgan fingerprint density at radius 2 is 2.00 bits per heavy atom. The lowest BCUT2D eigenvalue weighted by atomic mass is 10.4. The summed E-state index contributed by atoms with van der Waals surface area (Å²) < 4.78 is 0. The number of nitrogens with zero attached hydrogens (tertiary/aromatic N) is 2. The molecule has 4 heteroatoms. The second-order valence-electron chi connectivity index (χ2n) is 3.18. The van der Waals surface area contributed by atoms with Gasteiger partial charge in [-0.1, -0.05) is 0 Å². The zero-order chi connectivity index (χ0) is 9.64. The fraction of sp³-hybridized carbons (Fsp3) is 0.500. The van der Waals surface area contributed by atoms with Gasteiger partial charge in [0.25, 0.3) is 0 Å². The van der Waals surface area contributed by atoms with E-state index in [-0.39, 0.29) is 0 Å². The molecule has 1 aliphatic rings. The molecule has 0 amide bonds. The van der Waals surface area contributed by atoms with Crippen molar-refractivity contribution in [3.8, 4) is 0 Å². The lowest BCUT2D eigenvalue weighted by molar-refractivity contribution is 1.02. The molecule has 2 rings (SSSR count). The Balaban J connectivity index is 2.01. The maximum absolute atomic E-state index is 4.15. The van der Waals surface area contributed by atoms with Gasteiger partial charge in [-0.3, -0.25) is 4.98 Å². The Hall–Kier alpha value is -0.350. The van der Waals surface area contributed by atoms with Crippen LogP contribution in [-0.4, -0.2) is 28.2 Å². The molecular weight excluding hydrogens is 212 g/mol. The van der Waals surface area contributed by atoms with Crippen LogP contribution in [-0.2, 0) is 0 Å². The van der Waals surface area contributed by atoms with Crippen LogP contribution in [0.5, 0.6) is 0 Å². The summed E-state index contributed by atoms with van der Waals surface area (Å²) in [6.45, 7) is 0. The van der Waals surface area contributed by atoms with Crippen LogP contribution in [0.3, 0.4) is 0 Å². The molecule has 0 spiro atoms. The molecule has 0 N–H and O–H groups in total. The molecule has 0 atom stereocenters. The number of hydrogen-bond donors (Lipinski definition) is 0. The molecule has 0 radical (unpaired) electrons. The molecular formula is C10H14N2S2. The molecule has 2 nitrogen and oxygen atoms in total. The molecule has 14 heavy (non-hydrogen) atoms. The third-order valence-corrected chi connectivity index (χ3v) is 4.23. The summed E-state index contributed by atoms with van der Waals surface area (Å²) in [7, 11) is 0. The fourth-order valence-electron chi connectivity index (χ4n) is 1.34. The number of hydrogen-bond acceptors (Lipinski definition) is 4. The summed E-state index contributed by atoms with van der Waals surface area (Å²) in [6.07, 6.45) is 5.12. The number of anilines is 1. The van der Waals surface area contributed by atoms with E-state index >= 15 is 0 Å². The van der Waals surface area contributed by atoms with Gasteiger partial charge in [0.05, 0.1) is 23.6 Å². The van der Waals surface area contributed by atoms with Gasteiger partial charge >= 0.3 is 0 Å². The summed E-state index contributed by atoms with van der Waals surface area (Å²) in [5, 5.41) is 0. The number of pyridine rings is 1. The molecule has 76 valence electrons. The van der Waals surface area contributed by atoms with Crippen molar-refractivity contribution in [2.45, 2.75) is 6.42 Å². The number of rotatable bonds is 1. The van der Waals surface area contributed by atoms with Crippen molar-refractivity contribution >= 4 is 29.2 Å². The first kappa shape index (κ1) is 10.2. The Bertz CT molecular complexity index is 258. The van der Waals surface area contributed by atoms with Gasteiger partial charge in [0.2, 0.25) is 0 Å². The van der Waals surface area contributed by atoms with Gasteiger partial charge < -0.3 is 4.90 Å². The first-order chi connectivity index (χ1) is 6.97. The highest BCUT2D eigenvalue weighted by molar-refractivity contribution is 8.00. The monoisotopic (exact) mass is 226 g/mol. The topological polar surface area (TPSA) is 16.1 Å². The molecule has 1 aromatic rings. The van der Waals surface area contributed by atoms with Gasteiger partial charge in [0, 0.05) is 6.20 Å². The third kappa shape index (κ3) is 2.82. The van der Waals surface area contributed by atoms with Gasteiger partial charge in [0.1, 0.15) is 0 Å². The van der Waals surface area contributed by atoms with E-state index in [2.05, 4.69) is 16.0 Å². The lowest BCUT2D eigenvalue weighted by Crippen LogP contribution is -2.24. The molecule has 1 aliphatic heterocycles. The minimum absolute atomic E-state index is 1.10. The second-order valence-corrected chi connectivity index (χ2v) is 5.33. The second kappa shape index (κ2) is 5.51. The first-order valence-electron chi connectivity index (χ1n) is 4.77. The van der Waals surface area contributed by atoms with E-state index in [1.54, 1.807) is 0 Å². The minimum Gasteiger partial charge on any atom is -0.352 e. The largest absolute Gasteiger partial charge is 0.352 e. The molecule has 0 saturated carbocycles. The van der Waals surface area contributed by atoms with Gasteiger partial charge in [0.15, 0.2) is 0 Å². The van der Waals surface area contributed by atoms with Gasteiger partial charge in [-0.2, -0.15) is 0 Å². The first-order valence-corrected chi connectivity index (χ1v) is 7.08. The van der Waals surface area contributed by atoms with E-state index in [1.807, 2.05) is 42.0 Å². The zero-order valence-electron chi connectivity index (χ0n) is 8.06. The molecule has 1 aromatic heterocycles. The highest BCUT2D eigenvalue weighted by atomic mass is 32.2. The third-order valence-electron chi connectivity index (χ3n) is 2.08. The Morgan fingerprint density at radius 3 is 2.64 bits per heavy atom. The molecule has 0 unspecified atom stereocenters. The Kier molecular flexibility index (Phi) is 4.01. The van der Waals surface area contributed by atoms with Crippen molar-refractivity contribution in [2.24, 2.45) is 0 Å². The maximum Gasteiger partial charge on any atom is 0.0648 e. The van der Waals surface area contributed by atoms with E-state index < -0.39 is 0 Å². The molecule has 0 bridgehead atoms. The smallest absolute Gasteiger partial charge is 0.0648 e. The number of aromatic nitrogens is 1. The molecule has 0 aliphatic carbocycles. The van der Waals surface area contributed by atoms with Crippen molar-refractivity contribution in [2.75, 3.05) is 28.2 Å². The van der Waals surface area contributed by atoms with E-state index in [0.29, 0.717) is 0 Å². The van der Waals surface area contributed by atoms with Crippen LogP contribution in [0.25, 0.3) is 0 Å². The zero-order valence-corrected chi connectivity index (χ0v) is 9.69. The van der Waals surface area contributed by atoms with Gasteiger partial charge in [-0.05, 0) is 30.1 Å². The van der Waals surface area contributed by atoms with Crippen LogP contribution >= 0.6 is 23.5 Å². The maximum atomic E-state index is 4.15. The van der Waals surface area contributed by atoms with Crippen LogP contribution in [0.15, 0.2) is 24.5 Å². The summed E-state index contributed by atoms with van der Waals surface area (Å²) in [6, 6.07) is 4.14. The van der Waals surface area contributed by atoms with Crippen LogP contribution in [0.2, 0.25) is 0 Å². The fourth-order valence-corrected chi connectivity index (χ4v) is 3.51. The van der Waals surface area contributed by atoms with Crippen molar-refractivity contribution in [1.82, 2.24) is 4.98 Å². The van der Waals surface area contributed by atoms with E-state index in [1.165, 1.54) is 23.6 Å². The molecule has 0 aromatic carbocycles. The SMILES string of the molecule is c1cncc(N2CSCCCSC2)c1. The van der Waals surface area contributed by atoms with Gasteiger partial charge in [-0.15, -0.1) is 23.5 Å². The predicted molar refractivity (Wildman–Crippen MR) is 66.0 cm³/mol. The Labute approximate surface area is 93.5 Å². The van der Waals surface area contributed by atoms with Crippen LogP contribution in [0.4, 0.5) is 5.69 Å². The minimum atomic E-state index is 1.10. The van der Waals surface area contributed by atoms with Crippen molar-refractivity contribution in [1.29, 1.82) is 0 Å². The van der Waals surface area contributed by atoms with E-state index in [4.69, 9.17) is 0 Å². The van der Waals surface area contributed by atoms with Crippen LogP contribution in [0, 0.1) is 0 Å². The van der Waals surface area contributed by atoms with Crippen LogP contribution in [0.1, 0.15) is 6.42 Å². The summed E-state index contributed by atoms with van der Waals surface area (Å²) >= 11 is 4.03. The predicted octanol–water partition coefficient (Wildman–Crippen LogP) is 2.67. The summed E-state index contributed by atoms with van der Waals surface area (Å²) in [5.74, 6) is 4.75.